The molecule has 136 valence electrons. The highest BCUT2D eigenvalue weighted by molar-refractivity contribution is 5.84. The lowest BCUT2D eigenvalue weighted by molar-refractivity contribution is -0.122. The molecular weight excluding hydrogens is 342 g/mol. The van der Waals surface area contributed by atoms with Gasteiger partial charge >= 0.3 is 6.61 Å². The molecule has 0 heterocycles. The molecule has 2 N–H and O–H groups in total. The van der Waals surface area contributed by atoms with E-state index in [-0.39, 0.29) is 0 Å². The van der Waals surface area contributed by atoms with Gasteiger partial charge in [0, 0.05) is 6.42 Å². The van der Waals surface area contributed by atoms with Gasteiger partial charge in [-0.3, -0.25) is 4.79 Å². The first-order valence-corrected chi connectivity index (χ1v) is 7.56. The molecule has 1 aromatic rings. The number of benzene rings is 1. The van der Waals surface area contributed by atoms with Crippen LogP contribution in [0.3, 0.4) is 0 Å². The Morgan fingerprint density at radius 3 is 2.60 bits per heavy atom. The van der Waals surface area contributed by atoms with Crippen LogP contribution in [0.5, 0.6) is 5.75 Å². The number of amides is 1. The Labute approximate surface area is 141 Å². The van der Waals surface area contributed by atoms with Crippen LogP contribution in [-0.2, 0) is 10.7 Å². The van der Waals surface area contributed by atoms with Crippen molar-refractivity contribution in [3.05, 3.63) is 35.6 Å². The van der Waals surface area contributed by atoms with Crippen molar-refractivity contribution in [1.82, 2.24) is 5.32 Å². The summed E-state index contributed by atoms with van der Waals surface area (Å²) in [6.45, 7) is -3.24. The molecular formula is C16H16F4N3O2-. The minimum Gasteiger partial charge on any atom is -0.667 e. The lowest BCUT2D eigenvalue weighted by atomic mass is 9.99. The van der Waals surface area contributed by atoms with Gasteiger partial charge in [0.15, 0.2) is 0 Å². The summed E-state index contributed by atoms with van der Waals surface area (Å²) in [5, 5.41) is 11.3. The van der Waals surface area contributed by atoms with Gasteiger partial charge in [0.05, 0.1) is 11.6 Å². The van der Waals surface area contributed by atoms with Crippen LogP contribution < -0.4 is 10.1 Å². The molecule has 1 aliphatic carbocycles. The maximum atomic E-state index is 14.3. The van der Waals surface area contributed by atoms with E-state index in [4.69, 9.17) is 11.0 Å². The van der Waals surface area contributed by atoms with Crippen molar-refractivity contribution in [1.29, 1.82) is 5.26 Å². The van der Waals surface area contributed by atoms with E-state index in [1.807, 2.05) is 6.07 Å². The van der Waals surface area contributed by atoms with Gasteiger partial charge in [-0.25, -0.2) is 8.78 Å². The fraction of sp³-hybridized carbons (Fsp3) is 0.500. The van der Waals surface area contributed by atoms with Gasteiger partial charge in [-0.05, 0) is 25.0 Å². The van der Waals surface area contributed by atoms with Crippen molar-refractivity contribution >= 4 is 5.91 Å². The first kappa shape index (κ1) is 19.0. The molecule has 0 unspecified atom stereocenters. The number of halogens is 4. The van der Waals surface area contributed by atoms with Crippen molar-refractivity contribution in [2.75, 3.05) is 0 Å². The number of nitrogens with zero attached hydrogens (tertiary/aromatic N) is 1. The minimum atomic E-state index is -3.54. The van der Waals surface area contributed by atoms with Crippen LogP contribution in [0.25, 0.3) is 5.73 Å². The summed E-state index contributed by atoms with van der Waals surface area (Å²) in [5.74, 6) is -4.99. The number of carbonyl (C=O) groups excluding carboxylic acids is 1. The van der Waals surface area contributed by atoms with Gasteiger partial charge in [0.1, 0.15) is 11.3 Å². The molecule has 2 rings (SSSR count). The second-order valence-electron chi connectivity index (χ2n) is 5.85. The molecule has 1 fully saturated rings. The third-order valence-corrected chi connectivity index (χ3v) is 3.89. The summed E-state index contributed by atoms with van der Waals surface area (Å²) in [7, 11) is 0. The molecule has 0 aromatic heterocycles. The Balaban J connectivity index is 1.99. The number of para-hydroxylation sites is 1. The lowest BCUT2D eigenvalue weighted by Crippen LogP contribution is -2.41. The van der Waals surface area contributed by atoms with Crippen LogP contribution in [-0.4, -0.2) is 24.1 Å². The summed E-state index contributed by atoms with van der Waals surface area (Å²) >= 11 is 0. The molecule has 0 aliphatic heterocycles. The Morgan fingerprint density at radius 1 is 1.40 bits per heavy atom. The topological polar surface area (TPSA) is 85.9 Å². The average Bonchev–Trinajstić information content (AvgIpc) is 3.32. The smallest absolute Gasteiger partial charge is 0.387 e. The lowest BCUT2D eigenvalue weighted by Gasteiger charge is -2.25. The SMILES string of the molecule is N#CC1(NC(=O)[C@@H]([NH-])CCC(F)(F)c2ccccc2OC(F)F)CC1. The summed E-state index contributed by atoms with van der Waals surface area (Å²) in [6, 6.07) is 4.94. The zero-order chi connectivity index (χ0) is 18.7. The monoisotopic (exact) mass is 358 g/mol. The molecule has 5 nitrogen and oxygen atoms in total. The highest BCUT2D eigenvalue weighted by Gasteiger charge is 2.45. The van der Waals surface area contributed by atoms with Crippen molar-refractivity contribution in [3.8, 4) is 11.8 Å². The summed E-state index contributed by atoms with van der Waals surface area (Å²) in [5.41, 5.74) is 5.96. The van der Waals surface area contributed by atoms with E-state index < -0.39 is 54.2 Å². The first-order chi connectivity index (χ1) is 11.7. The molecule has 1 amide bonds. The third kappa shape index (κ3) is 4.82. The van der Waals surface area contributed by atoms with Gasteiger partial charge in [-0.15, -0.1) is 0 Å². The van der Waals surface area contributed by atoms with Gasteiger partial charge in [-0.2, -0.15) is 14.0 Å². The molecule has 0 bridgehead atoms. The fourth-order valence-corrected chi connectivity index (χ4v) is 2.27. The fourth-order valence-electron chi connectivity index (χ4n) is 2.27. The van der Waals surface area contributed by atoms with Gasteiger partial charge in [0.2, 0.25) is 5.91 Å². The van der Waals surface area contributed by atoms with Crippen molar-refractivity contribution < 1.29 is 27.1 Å². The number of ether oxygens (including phenoxy) is 1. The zero-order valence-corrected chi connectivity index (χ0v) is 13.1. The normalized spacial score (nSPS) is 16.8. The van der Waals surface area contributed by atoms with Crippen LogP contribution in [0.15, 0.2) is 24.3 Å². The third-order valence-electron chi connectivity index (χ3n) is 3.89. The van der Waals surface area contributed by atoms with E-state index in [9.17, 15) is 22.4 Å². The molecule has 9 heteroatoms. The average molecular weight is 358 g/mol. The molecule has 25 heavy (non-hydrogen) atoms. The Morgan fingerprint density at radius 2 is 2.04 bits per heavy atom. The van der Waals surface area contributed by atoms with E-state index in [2.05, 4.69) is 10.1 Å². The quantitative estimate of drug-likeness (QED) is 0.718. The van der Waals surface area contributed by atoms with E-state index in [0.717, 1.165) is 12.1 Å². The molecule has 1 aromatic carbocycles. The standard InChI is InChI=1S/C16H16F4N3O2/c17-14(18)25-12-4-2-1-3-10(12)16(19,20)6-5-11(22)13(24)23-15(9-21)7-8-15/h1-4,11,14,22H,5-8H2,(H,23,24)/q-1/t11-/m0/s1. The number of nitrogens with one attached hydrogen (secondary N) is 2. The number of nitriles is 1. The summed E-state index contributed by atoms with van der Waals surface area (Å²) < 4.78 is 57.4. The van der Waals surface area contributed by atoms with Crippen LogP contribution >= 0.6 is 0 Å². The van der Waals surface area contributed by atoms with E-state index >= 15 is 0 Å². The molecule has 1 aliphatic rings. The minimum absolute atomic E-state index is 0.469. The Kier molecular flexibility index (Phi) is 5.52. The largest absolute Gasteiger partial charge is 0.667 e. The summed E-state index contributed by atoms with van der Waals surface area (Å²) in [4.78, 5) is 11.8. The predicted octanol–water partition coefficient (Wildman–Crippen LogP) is 3.75. The second kappa shape index (κ2) is 7.27. The maximum Gasteiger partial charge on any atom is 0.387 e. The second-order valence-corrected chi connectivity index (χ2v) is 5.85. The predicted molar refractivity (Wildman–Crippen MR) is 80.0 cm³/mol. The van der Waals surface area contributed by atoms with E-state index in [1.165, 1.54) is 12.1 Å². The molecule has 0 radical (unpaired) electrons. The van der Waals surface area contributed by atoms with Gasteiger partial charge < -0.3 is 15.8 Å². The molecule has 1 saturated carbocycles. The van der Waals surface area contributed by atoms with Crippen LogP contribution in [0.1, 0.15) is 31.2 Å². The number of rotatable bonds is 8. The number of hydrogen-bond donors (Lipinski definition) is 1. The Bertz CT molecular complexity index is 672. The molecule has 0 saturated heterocycles. The van der Waals surface area contributed by atoms with Crippen LogP contribution in [0.2, 0.25) is 0 Å². The first-order valence-electron chi connectivity index (χ1n) is 7.56. The number of carbonyl (C=O) groups is 1. The molecule has 1 atom stereocenters. The van der Waals surface area contributed by atoms with Crippen LogP contribution in [0, 0.1) is 11.3 Å². The zero-order valence-electron chi connectivity index (χ0n) is 13.1. The highest BCUT2D eigenvalue weighted by Crippen LogP contribution is 2.40. The van der Waals surface area contributed by atoms with Gasteiger partial charge in [0.25, 0.3) is 5.92 Å². The number of hydrogen-bond acceptors (Lipinski definition) is 3. The van der Waals surface area contributed by atoms with Gasteiger partial charge in [-0.1, -0.05) is 24.6 Å². The highest BCUT2D eigenvalue weighted by atomic mass is 19.3. The van der Waals surface area contributed by atoms with Crippen molar-refractivity contribution in [2.45, 2.75) is 49.8 Å². The van der Waals surface area contributed by atoms with Crippen molar-refractivity contribution in [2.24, 2.45) is 0 Å². The van der Waals surface area contributed by atoms with E-state index in [0.29, 0.717) is 12.8 Å². The van der Waals surface area contributed by atoms with E-state index in [1.54, 1.807) is 0 Å². The van der Waals surface area contributed by atoms with Crippen molar-refractivity contribution in [3.63, 3.8) is 0 Å². The maximum absolute atomic E-state index is 14.3. The number of alkyl halides is 4. The Hall–Kier alpha value is -2.34. The summed E-state index contributed by atoms with van der Waals surface area (Å²) in [6.07, 6.45) is -0.450. The van der Waals surface area contributed by atoms with Crippen LogP contribution in [0.4, 0.5) is 17.6 Å². The molecule has 0 spiro atoms.